The van der Waals surface area contributed by atoms with Gasteiger partial charge < -0.3 is 10.5 Å². The van der Waals surface area contributed by atoms with Gasteiger partial charge in [-0.2, -0.15) is 5.10 Å². The van der Waals surface area contributed by atoms with E-state index in [0.29, 0.717) is 30.1 Å². The third-order valence-corrected chi connectivity index (χ3v) is 7.02. The van der Waals surface area contributed by atoms with Crippen LogP contribution in [0.15, 0.2) is 40.0 Å². The van der Waals surface area contributed by atoms with Crippen molar-refractivity contribution in [3.05, 3.63) is 52.1 Å². The second kappa shape index (κ2) is 13.8. The molecule has 12 heteroatoms. The first-order chi connectivity index (χ1) is 19.7. The van der Waals surface area contributed by atoms with Crippen LogP contribution < -0.4 is 5.73 Å². The van der Waals surface area contributed by atoms with E-state index in [0.717, 1.165) is 47.6 Å². The Kier molecular flexibility index (Phi) is 10.2. The van der Waals surface area contributed by atoms with Crippen LogP contribution in [0.4, 0.5) is 10.1 Å². The number of carbonyl (C=O) groups excluding carboxylic acids is 3. The number of fused-ring (bicyclic) bond motifs is 1. The molecule has 0 atom stereocenters. The molecule has 2 aliphatic rings. The van der Waals surface area contributed by atoms with Gasteiger partial charge in [-0.3, -0.25) is 24.4 Å². The van der Waals surface area contributed by atoms with Crippen LogP contribution in [0.2, 0.25) is 5.02 Å². The zero-order valence-electron chi connectivity index (χ0n) is 23.2. The number of hydrogen-bond donors (Lipinski definition) is 1. The zero-order chi connectivity index (χ0) is 29.5. The predicted molar refractivity (Wildman–Crippen MR) is 155 cm³/mol. The number of benzene rings is 1. The fourth-order valence-electron chi connectivity index (χ4n) is 4.44. The van der Waals surface area contributed by atoms with Crippen molar-refractivity contribution in [2.75, 3.05) is 13.3 Å². The Morgan fingerprint density at radius 2 is 2.02 bits per heavy atom. The highest BCUT2D eigenvalue weighted by Crippen LogP contribution is 2.28. The zero-order valence-corrected chi connectivity index (χ0v) is 24.0. The molecule has 1 fully saturated rings. The molecule has 1 saturated carbocycles. The number of aliphatic imine (C=N–C) groups is 2. The van der Waals surface area contributed by atoms with Gasteiger partial charge in [-0.15, -0.1) is 0 Å². The van der Waals surface area contributed by atoms with Crippen LogP contribution in [0.3, 0.4) is 0 Å². The Morgan fingerprint density at radius 1 is 1.27 bits per heavy atom. The van der Waals surface area contributed by atoms with Crippen LogP contribution >= 0.6 is 11.6 Å². The summed E-state index contributed by atoms with van der Waals surface area (Å²) in [4.78, 5) is 47.6. The van der Waals surface area contributed by atoms with Crippen LogP contribution in [0.25, 0.3) is 6.08 Å². The molecule has 2 amide bonds. The molecule has 2 aromatic rings. The second-order valence-corrected chi connectivity index (χ2v) is 10.5. The van der Waals surface area contributed by atoms with Gasteiger partial charge in [0, 0.05) is 34.7 Å². The van der Waals surface area contributed by atoms with E-state index in [1.165, 1.54) is 18.2 Å². The number of nitrogens with two attached hydrogens (primary N) is 1. The molecule has 41 heavy (non-hydrogen) atoms. The first-order valence-electron chi connectivity index (χ1n) is 13.7. The van der Waals surface area contributed by atoms with Crippen LogP contribution in [0.1, 0.15) is 70.1 Å². The molecule has 218 valence electrons. The molecular weight excluding hydrogens is 551 g/mol. The summed E-state index contributed by atoms with van der Waals surface area (Å²) in [7, 11) is 0. The lowest BCUT2D eigenvalue weighted by Crippen LogP contribution is -2.40. The Balaban J connectivity index is 1.65. The Hall–Kier alpha value is -3.70. The van der Waals surface area contributed by atoms with E-state index >= 15 is 0 Å². The van der Waals surface area contributed by atoms with E-state index in [2.05, 4.69) is 10.1 Å². The lowest BCUT2D eigenvalue weighted by Gasteiger charge is -2.20. The van der Waals surface area contributed by atoms with Gasteiger partial charge in [0.2, 0.25) is 5.91 Å². The largest absolute Gasteiger partial charge is 0.443 e. The molecule has 1 aromatic carbocycles. The van der Waals surface area contributed by atoms with Gasteiger partial charge in [-0.1, -0.05) is 18.5 Å². The quantitative estimate of drug-likeness (QED) is 0.274. The number of nitrogens with zero attached hydrogens (tertiary/aromatic N) is 5. The predicted octanol–water partition coefficient (Wildman–Crippen LogP) is 4.60. The molecule has 0 radical (unpaired) electrons. The van der Waals surface area contributed by atoms with Crippen LogP contribution in [-0.4, -0.2) is 63.3 Å². The normalized spacial score (nSPS) is 17.9. The molecule has 4 rings (SSSR count). The van der Waals surface area contributed by atoms with Crippen molar-refractivity contribution in [2.24, 2.45) is 15.7 Å². The van der Waals surface area contributed by atoms with Crippen molar-refractivity contribution in [1.29, 1.82) is 0 Å². The smallest absolute Gasteiger partial charge is 0.321 e. The summed E-state index contributed by atoms with van der Waals surface area (Å²) in [5, 5.41) is 5.04. The number of aromatic nitrogens is 2. The van der Waals surface area contributed by atoms with Crippen molar-refractivity contribution in [2.45, 2.75) is 71.3 Å². The lowest BCUT2D eigenvalue weighted by molar-refractivity contribution is -0.156. The van der Waals surface area contributed by atoms with Gasteiger partial charge >= 0.3 is 5.97 Å². The van der Waals surface area contributed by atoms with Crippen LogP contribution in [0.5, 0.6) is 0 Å². The van der Waals surface area contributed by atoms with Gasteiger partial charge in [0.05, 0.1) is 24.5 Å². The van der Waals surface area contributed by atoms with Crippen LogP contribution in [-0.2, 0) is 25.5 Å². The fraction of sp³-hybridized carbons (Fsp3) is 0.448. The minimum absolute atomic E-state index is 0.0618. The lowest BCUT2D eigenvalue weighted by atomic mass is 10.1. The Labute approximate surface area is 243 Å². The number of amides is 2. The third-order valence-electron chi connectivity index (χ3n) is 6.78. The van der Waals surface area contributed by atoms with Gasteiger partial charge in [0.25, 0.3) is 5.91 Å². The average Bonchev–Trinajstić information content (AvgIpc) is 3.68. The number of halogens is 2. The van der Waals surface area contributed by atoms with E-state index < -0.39 is 30.3 Å². The van der Waals surface area contributed by atoms with Crippen LogP contribution in [0, 0.1) is 5.82 Å². The first kappa shape index (κ1) is 30.3. The van der Waals surface area contributed by atoms with E-state index in [-0.39, 0.29) is 30.3 Å². The SMILES string of the molecule is CCC(=O)N(COC(=O)CN)C(=O)C(C)=Cc1cnn2c1CCCCC(=Nc1cc(Cl)ccc1F)CC2=NC1CC1. The summed E-state index contributed by atoms with van der Waals surface area (Å²) < 4.78 is 21.2. The average molecular weight is 585 g/mol. The number of ether oxygens (including phenoxy) is 1. The van der Waals surface area contributed by atoms with Gasteiger partial charge in [-0.05, 0) is 69.7 Å². The highest BCUT2D eigenvalue weighted by Gasteiger charge is 2.26. The Morgan fingerprint density at radius 3 is 2.73 bits per heavy atom. The number of carbonyl (C=O) groups is 3. The topological polar surface area (TPSA) is 132 Å². The molecule has 2 N–H and O–H groups in total. The summed E-state index contributed by atoms with van der Waals surface area (Å²) in [6.07, 6.45) is 8.75. The molecule has 10 nitrogen and oxygen atoms in total. The van der Waals surface area contributed by atoms with Gasteiger partial charge in [0.15, 0.2) is 6.73 Å². The monoisotopic (exact) mass is 584 g/mol. The molecule has 0 bridgehead atoms. The molecule has 1 aromatic heterocycles. The summed E-state index contributed by atoms with van der Waals surface area (Å²) >= 11 is 6.09. The van der Waals surface area contributed by atoms with E-state index in [1.54, 1.807) is 30.8 Å². The van der Waals surface area contributed by atoms with Crippen molar-refractivity contribution in [1.82, 2.24) is 14.7 Å². The summed E-state index contributed by atoms with van der Waals surface area (Å²) in [5.41, 5.74) is 8.15. The first-order valence-corrected chi connectivity index (χ1v) is 14.1. The van der Waals surface area contributed by atoms with E-state index in [4.69, 9.17) is 27.1 Å². The number of imide groups is 1. The molecule has 1 aliphatic carbocycles. The minimum atomic E-state index is -0.717. The van der Waals surface area contributed by atoms with Gasteiger partial charge in [-0.25, -0.2) is 14.0 Å². The van der Waals surface area contributed by atoms with Crippen molar-refractivity contribution in [3.8, 4) is 0 Å². The van der Waals surface area contributed by atoms with Crippen molar-refractivity contribution in [3.63, 3.8) is 0 Å². The van der Waals surface area contributed by atoms with Crippen molar-refractivity contribution >= 4 is 52.7 Å². The summed E-state index contributed by atoms with van der Waals surface area (Å²) in [5.74, 6) is -1.49. The van der Waals surface area contributed by atoms with Gasteiger partial charge in [0.1, 0.15) is 17.3 Å². The van der Waals surface area contributed by atoms with E-state index in [1.807, 2.05) is 0 Å². The number of rotatable bonds is 8. The fourth-order valence-corrected chi connectivity index (χ4v) is 4.60. The molecule has 1 aliphatic heterocycles. The molecule has 0 unspecified atom stereocenters. The number of hydrogen-bond acceptors (Lipinski definition) is 8. The van der Waals surface area contributed by atoms with E-state index in [9.17, 15) is 18.8 Å². The molecular formula is C29H34ClFN6O4. The molecule has 0 saturated heterocycles. The maximum Gasteiger partial charge on any atom is 0.321 e. The number of esters is 1. The van der Waals surface area contributed by atoms with Crippen molar-refractivity contribution < 1.29 is 23.5 Å². The summed E-state index contributed by atoms with van der Waals surface area (Å²) in [6, 6.07) is 4.52. The maximum absolute atomic E-state index is 14.5. The highest BCUT2D eigenvalue weighted by atomic mass is 35.5. The molecule has 0 spiro atoms. The summed E-state index contributed by atoms with van der Waals surface area (Å²) in [6.45, 7) is 2.36. The standard InChI is InChI=1S/C29H34ClFN6O4/c1-3-27(38)36(17-41-28(39)15-32)29(40)18(2)12-19-16-33-37-25(19)7-5-4-6-22(14-26(37)35-21-9-10-21)34-24-13-20(30)8-11-23(24)31/h8,11-13,16,21H,3-7,9-10,14-15,17,32H2,1-2H3. The molecule has 2 heterocycles. The third kappa shape index (κ3) is 7.95. The maximum atomic E-state index is 14.5. The second-order valence-electron chi connectivity index (χ2n) is 10.0. The minimum Gasteiger partial charge on any atom is -0.443 e. The highest BCUT2D eigenvalue weighted by molar-refractivity contribution is 6.30. The Bertz CT molecular complexity index is 1410.